The standard InChI is InChI=1S/C15H12Cl2N2O2/c16-11-7-6-10(14(18)20)8-12(11)19-15(21)13(17)9-4-2-1-3-5-9/h1-8,13H,(H2,18,20)(H,19,21). The van der Waals surface area contributed by atoms with E-state index in [1.807, 2.05) is 6.07 Å². The number of anilines is 1. The maximum Gasteiger partial charge on any atom is 0.248 e. The van der Waals surface area contributed by atoms with Crippen LogP contribution < -0.4 is 11.1 Å². The van der Waals surface area contributed by atoms with Crippen LogP contribution in [0.25, 0.3) is 0 Å². The third kappa shape index (κ3) is 3.74. The van der Waals surface area contributed by atoms with Gasteiger partial charge in [-0.2, -0.15) is 0 Å². The number of amides is 2. The van der Waals surface area contributed by atoms with Gasteiger partial charge in [0.1, 0.15) is 5.38 Å². The molecule has 0 bridgehead atoms. The van der Waals surface area contributed by atoms with Crippen molar-refractivity contribution in [3.63, 3.8) is 0 Å². The summed E-state index contributed by atoms with van der Waals surface area (Å²) in [5.41, 5.74) is 6.40. The fourth-order valence-electron chi connectivity index (χ4n) is 1.74. The molecule has 3 N–H and O–H groups in total. The monoisotopic (exact) mass is 322 g/mol. The lowest BCUT2D eigenvalue weighted by Gasteiger charge is -2.12. The Morgan fingerprint density at radius 3 is 2.38 bits per heavy atom. The number of alkyl halides is 1. The second kappa shape index (κ2) is 6.61. The van der Waals surface area contributed by atoms with Crippen LogP contribution in [-0.4, -0.2) is 11.8 Å². The summed E-state index contributed by atoms with van der Waals surface area (Å²) in [6, 6.07) is 13.3. The highest BCUT2D eigenvalue weighted by Crippen LogP contribution is 2.26. The summed E-state index contributed by atoms with van der Waals surface area (Å²) in [5.74, 6) is -1.04. The molecule has 0 radical (unpaired) electrons. The maximum absolute atomic E-state index is 12.1. The minimum absolute atomic E-state index is 0.250. The van der Waals surface area contributed by atoms with Gasteiger partial charge < -0.3 is 11.1 Å². The van der Waals surface area contributed by atoms with Crippen molar-refractivity contribution < 1.29 is 9.59 Å². The molecule has 1 unspecified atom stereocenters. The summed E-state index contributed by atoms with van der Waals surface area (Å²) in [4.78, 5) is 23.3. The molecule has 0 fully saturated rings. The Morgan fingerprint density at radius 2 is 1.76 bits per heavy atom. The zero-order valence-electron chi connectivity index (χ0n) is 10.8. The molecule has 0 saturated carbocycles. The van der Waals surface area contributed by atoms with Crippen LogP contribution in [0.5, 0.6) is 0 Å². The van der Waals surface area contributed by atoms with Gasteiger partial charge in [0.15, 0.2) is 0 Å². The average molecular weight is 323 g/mol. The summed E-state index contributed by atoms with van der Waals surface area (Å²) < 4.78 is 0. The normalized spacial score (nSPS) is 11.7. The fraction of sp³-hybridized carbons (Fsp3) is 0.0667. The van der Waals surface area contributed by atoms with Crippen LogP contribution >= 0.6 is 23.2 Å². The van der Waals surface area contributed by atoms with Gasteiger partial charge in [-0.15, -0.1) is 11.6 Å². The quantitative estimate of drug-likeness (QED) is 0.847. The first-order valence-electron chi connectivity index (χ1n) is 6.08. The molecule has 0 saturated heterocycles. The maximum atomic E-state index is 12.1. The first kappa shape index (κ1) is 15.4. The molecule has 1 atom stereocenters. The number of nitrogens with two attached hydrogens (primary N) is 1. The molecule has 0 spiro atoms. The van der Waals surface area contributed by atoms with E-state index in [4.69, 9.17) is 28.9 Å². The molecule has 2 amide bonds. The van der Waals surface area contributed by atoms with Crippen molar-refractivity contribution in [1.29, 1.82) is 0 Å². The van der Waals surface area contributed by atoms with Crippen molar-refractivity contribution in [3.8, 4) is 0 Å². The molecule has 4 nitrogen and oxygen atoms in total. The Kier molecular flexibility index (Phi) is 4.83. The van der Waals surface area contributed by atoms with Crippen molar-refractivity contribution >= 4 is 40.7 Å². The predicted octanol–water partition coefficient (Wildman–Crippen LogP) is 3.36. The molecule has 2 aromatic rings. The molecular formula is C15H12Cl2N2O2. The lowest BCUT2D eigenvalue weighted by atomic mass is 10.1. The summed E-state index contributed by atoms with van der Waals surface area (Å²) in [7, 11) is 0. The highest BCUT2D eigenvalue weighted by molar-refractivity contribution is 6.36. The molecule has 6 heteroatoms. The summed E-state index contributed by atoms with van der Waals surface area (Å²) >= 11 is 12.1. The number of hydrogen-bond acceptors (Lipinski definition) is 2. The molecule has 0 heterocycles. The molecule has 21 heavy (non-hydrogen) atoms. The largest absolute Gasteiger partial charge is 0.366 e. The van der Waals surface area contributed by atoms with Gasteiger partial charge in [0.25, 0.3) is 0 Å². The topological polar surface area (TPSA) is 72.2 Å². The third-order valence-corrected chi connectivity index (χ3v) is 3.61. The van der Waals surface area contributed by atoms with E-state index in [2.05, 4.69) is 5.32 Å². The highest BCUT2D eigenvalue weighted by Gasteiger charge is 2.18. The Balaban J connectivity index is 2.20. The molecular weight excluding hydrogens is 311 g/mol. The van der Waals surface area contributed by atoms with E-state index in [-0.39, 0.29) is 5.56 Å². The number of rotatable bonds is 4. The van der Waals surface area contributed by atoms with Crippen LogP contribution in [-0.2, 0) is 4.79 Å². The molecule has 0 aliphatic rings. The SMILES string of the molecule is NC(=O)c1ccc(Cl)c(NC(=O)C(Cl)c2ccccc2)c1. The van der Waals surface area contributed by atoms with Gasteiger partial charge >= 0.3 is 0 Å². The number of carbonyl (C=O) groups is 2. The lowest BCUT2D eigenvalue weighted by molar-refractivity contribution is -0.116. The molecule has 0 aromatic heterocycles. The van der Waals surface area contributed by atoms with Crippen molar-refractivity contribution in [2.45, 2.75) is 5.38 Å². The molecule has 2 aromatic carbocycles. The first-order chi connectivity index (χ1) is 9.99. The smallest absolute Gasteiger partial charge is 0.248 e. The number of primary amides is 1. The second-order valence-electron chi connectivity index (χ2n) is 4.32. The first-order valence-corrected chi connectivity index (χ1v) is 6.89. The number of halogens is 2. The lowest BCUT2D eigenvalue weighted by Crippen LogP contribution is -2.18. The highest BCUT2D eigenvalue weighted by atomic mass is 35.5. The molecule has 2 rings (SSSR count). The van der Waals surface area contributed by atoms with Crippen molar-refractivity contribution in [2.75, 3.05) is 5.32 Å². The molecule has 108 valence electrons. The molecule has 0 aliphatic heterocycles. The Bertz CT molecular complexity index is 675. The minimum Gasteiger partial charge on any atom is -0.366 e. The van der Waals surface area contributed by atoms with Gasteiger partial charge in [-0.3, -0.25) is 9.59 Å². The van der Waals surface area contributed by atoms with E-state index in [9.17, 15) is 9.59 Å². The Labute approximate surface area is 131 Å². The molecule has 0 aliphatic carbocycles. The number of hydrogen-bond donors (Lipinski definition) is 2. The van der Waals surface area contributed by atoms with E-state index >= 15 is 0 Å². The van der Waals surface area contributed by atoms with Crippen molar-refractivity contribution in [3.05, 3.63) is 64.7 Å². The van der Waals surface area contributed by atoms with Gasteiger partial charge in [-0.1, -0.05) is 41.9 Å². The van der Waals surface area contributed by atoms with E-state index < -0.39 is 17.2 Å². The van der Waals surface area contributed by atoms with Crippen LogP contribution in [0.2, 0.25) is 5.02 Å². The van der Waals surface area contributed by atoms with Crippen LogP contribution in [0.1, 0.15) is 21.3 Å². The van der Waals surface area contributed by atoms with Crippen LogP contribution in [0.15, 0.2) is 48.5 Å². The van der Waals surface area contributed by atoms with Crippen molar-refractivity contribution in [1.82, 2.24) is 0 Å². The van der Waals surface area contributed by atoms with Gasteiger partial charge in [-0.05, 0) is 23.8 Å². The predicted molar refractivity (Wildman–Crippen MR) is 83.6 cm³/mol. The van der Waals surface area contributed by atoms with E-state index in [0.29, 0.717) is 16.3 Å². The summed E-state index contributed by atoms with van der Waals surface area (Å²) in [6.07, 6.45) is 0. The second-order valence-corrected chi connectivity index (χ2v) is 5.17. The third-order valence-electron chi connectivity index (χ3n) is 2.83. The zero-order valence-corrected chi connectivity index (χ0v) is 12.4. The van der Waals surface area contributed by atoms with Crippen LogP contribution in [0.4, 0.5) is 5.69 Å². The van der Waals surface area contributed by atoms with Crippen molar-refractivity contribution in [2.24, 2.45) is 5.73 Å². The Hall–Kier alpha value is -2.04. The Morgan fingerprint density at radius 1 is 1.10 bits per heavy atom. The average Bonchev–Trinajstić information content (AvgIpc) is 2.49. The zero-order chi connectivity index (χ0) is 15.4. The number of carbonyl (C=O) groups excluding carboxylic acids is 2. The van der Waals surface area contributed by atoms with E-state index in [1.165, 1.54) is 18.2 Å². The number of nitrogens with one attached hydrogen (secondary N) is 1. The number of benzene rings is 2. The van der Waals surface area contributed by atoms with Crippen LogP contribution in [0.3, 0.4) is 0 Å². The summed E-state index contributed by atoms with van der Waals surface area (Å²) in [5, 5.41) is 2.03. The van der Waals surface area contributed by atoms with Gasteiger partial charge in [0.2, 0.25) is 11.8 Å². The van der Waals surface area contributed by atoms with E-state index in [0.717, 1.165) is 0 Å². The van der Waals surface area contributed by atoms with Gasteiger partial charge in [0.05, 0.1) is 10.7 Å². The van der Waals surface area contributed by atoms with E-state index in [1.54, 1.807) is 24.3 Å². The fourth-order valence-corrected chi connectivity index (χ4v) is 2.11. The summed E-state index contributed by atoms with van der Waals surface area (Å²) in [6.45, 7) is 0. The van der Waals surface area contributed by atoms with Crippen LogP contribution in [0, 0.1) is 0 Å². The van der Waals surface area contributed by atoms with Gasteiger partial charge in [-0.25, -0.2) is 0 Å². The minimum atomic E-state index is -0.862. The van der Waals surface area contributed by atoms with Gasteiger partial charge in [0, 0.05) is 5.56 Å².